The van der Waals surface area contributed by atoms with Gasteiger partial charge in [0, 0.05) is 0 Å². The molecule has 0 amide bonds. The quantitative estimate of drug-likeness (QED) is 0.136. The van der Waals surface area contributed by atoms with E-state index in [1.165, 1.54) is 0 Å². The molecule has 0 unspecified atom stereocenters. The average molecular weight is 440 g/mol. The number of hydrogen-bond donors (Lipinski definition) is 0. The minimum Gasteiger partial charge on any atom is -0.320 e. The zero-order valence-electron chi connectivity index (χ0n) is 14.0. The molecule has 0 saturated carbocycles. The second-order valence-electron chi connectivity index (χ2n) is 5.66. The third-order valence-corrected chi connectivity index (χ3v) is 6.03. The van der Waals surface area contributed by atoms with Crippen molar-refractivity contribution in [3.8, 4) is 0 Å². The number of alkyl halides is 10. The van der Waals surface area contributed by atoms with Gasteiger partial charge < -0.3 is 4.52 Å². The molecular formula is C14H19F10O2P. The standard InChI is InChI=1S/C14H19F10O2P/c1-2-3-4-5-6-7-8-9-10-26-27(25,13(21,22)11(15,16)17)14(23,24)12(18,19)20/h2H,1,3-10H2. The summed E-state index contributed by atoms with van der Waals surface area (Å²) in [7, 11) is -7.87. The molecule has 0 aromatic heterocycles. The second-order valence-corrected chi connectivity index (χ2v) is 8.15. The van der Waals surface area contributed by atoms with Gasteiger partial charge in [-0.2, -0.15) is 43.9 Å². The van der Waals surface area contributed by atoms with Crippen LogP contribution in [-0.4, -0.2) is 30.3 Å². The Morgan fingerprint density at radius 2 is 1.07 bits per heavy atom. The predicted octanol–water partition coefficient (Wildman–Crippen LogP) is 7.51. The summed E-state index contributed by atoms with van der Waals surface area (Å²) in [4.78, 5) is 0. The summed E-state index contributed by atoms with van der Waals surface area (Å²) in [6, 6.07) is 0. The molecule has 2 nitrogen and oxygen atoms in total. The maximum absolute atomic E-state index is 13.3. The molecule has 0 atom stereocenters. The summed E-state index contributed by atoms with van der Waals surface area (Å²) >= 11 is 0. The summed E-state index contributed by atoms with van der Waals surface area (Å²) in [5.74, 6) is 0. The van der Waals surface area contributed by atoms with Crippen molar-refractivity contribution in [3.05, 3.63) is 12.7 Å². The highest BCUT2D eigenvalue weighted by atomic mass is 31.2. The van der Waals surface area contributed by atoms with Gasteiger partial charge in [-0.3, -0.25) is 4.57 Å². The maximum Gasteiger partial charge on any atom is 0.463 e. The van der Waals surface area contributed by atoms with E-state index >= 15 is 0 Å². The molecule has 0 aliphatic carbocycles. The van der Waals surface area contributed by atoms with Crippen molar-refractivity contribution < 1.29 is 53.0 Å². The van der Waals surface area contributed by atoms with Crippen LogP contribution in [0.25, 0.3) is 0 Å². The van der Waals surface area contributed by atoms with E-state index in [0.717, 1.165) is 19.3 Å². The topological polar surface area (TPSA) is 26.3 Å². The van der Waals surface area contributed by atoms with Gasteiger partial charge in [0.2, 0.25) is 0 Å². The van der Waals surface area contributed by atoms with Crippen LogP contribution in [0.5, 0.6) is 0 Å². The molecular weight excluding hydrogens is 421 g/mol. The Balaban J connectivity index is 5.08. The highest BCUT2D eigenvalue weighted by molar-refractivity contribution is 7.61. The van der Waals surface area contributed by atoms with Crippen LogP contribution in [0.3, 0.4) is 0 Å². The van der Waals surface area contributed by atoms with Gasteiger partial charge in [0.1, 0.15) is 0 Å². The van der Waals surface area contributed by atoms with Crippen LogP contribution in [0.15, 0.2) is 12.7 Å². The van der Waals surface area contributed by atoms with Gasteiger partial charge in [-0.1, -0.05) is 31.8 Å². The predicted molar refractivity (Wildman–Crippen MR) is 78.1 cm³/mol. The van der Waals surface area contributed by atoms with E-state index in [-0.39, 0.29) is 6.42 Å². The fourth-order valence-corrected chi connectivity index (χ4v) is 3.69. The van der Waals surface area contributed by atoms with Gasteiger partial charge in [0.05, 0.1) is 6.61 Å². The largest absolute Gasteiger partial charge is 0.463 e. The van der Waals surface area contributed by atoms with Gasteiger partial charge in [-0.25, -0.2) is 0 Å². The molecule has 0 aromatic carbocycles. The molecule has 0 rings (SSSR count). The number of unbranched alkanes of at least 4 members (excludes halogenated alkanes) is 6. The Kier molecular flexibility index (Phi) is 9.35. The lowest BCUT2D eigenvalue weighted by molar-refractivity contribution is -0.272. The lowest BCUT2D eigenvalue weighted by Gasteiger charge is -2.34. The van der Waals surface area contributed by atoms with Crippen molar-refractivity contribution in [3.63, 3.8) is 0 Å². The lowest BCUT2D eigenvalue weighted by Crippen LogP contribution is -2.48. The minimum absolute atomic E-state index is 0.100. The summed E-state index contributed by atoms with van der Waals surface area (Å²) in [6.07, 6.45) is -9.16. The van der Waals surface area contributed by atoms with Crippen LogP contribution in [0.2, 0.25) is 0 Å². The maximum atomic E-state index is 13.3. The molecule has 13 heteroatoms. The Hall–Kier alpha value is -0.770. The average Bonchev–Trinajstić information content (AvgIpc) is 2.50. The van der Waals surface area contributed by atoms with E-state index in [4.69, 9.17) is 0 Å². The number of hydrogen-bond acceptors (Lipinski definition) is 2. The smallest absolute Gasteiger partial charge is 0.320 e. The fraction of sp³-hybridized carbons (Fsp3) is 0.857. The van der Waals surface area contributed by atoms with Crippen LogP contribution in [0, 0.1) is 0 Å². The molecule has 0 aromatic rings. The zero-order valence-corrected chi connectivity index (χ0v) is 14.9. The van der Waals surface area contributed by atoms with Crippen LogP contribution >= 0.6 is 7.37 Å². The van der Waals surface area contributed by atoms with Crippen molar-refractivity contribution in [1.82, 2.24) is 0 Å². The molecule has 162 valence electrons. The third-order valence-electron chi connectivity index (χ3n) is 3.50. The molecule has 0 spiro atoms. The first kappa shape index (κ1) is 26.2. The molecule has 0 N–H and O–H groups in total. The van der Waals surface area contributed by atoms with E-state index in [9.17, 15) is 48.5 Å². The Morgan fingerprint density at radius 1 is 0.704 bits per heavy atom. The summed E-state index contributed by atoms with van der Waals surface area (Å²) in [5, 5.41) is 0. The monoisotopic (exact) mass is 440 g/mol. The molecule has 0 fully saturated rings. The van der Waals surface area contributed by atoms with E-state index in [2.05, 4.69) is 11.1 Å². The van der Waals surface area contributed by atoms with E-state index in [1.807, 2.05) is 0 Å². The van der Waals surface area contributed by atoms with E-state index < -0.39 is 44.1 Å². The highest BCUT2D eigenvalue weighted by Crippen LogP contribution is 2.77. The van der Waals surface area contributed by atoms with Crippen LogP contribution in [0.1, 0.15) is 44.9 Å². The third kappa shape index (κ3) is 6.10. The molecule has 0 heterocycles. The molecule has 0 saturated heterocycles. The SMILES string of the molecule is C=CCCCCCCCCOP(=O)(C(F)(F)C(F)(F)F)C(F)(F)C(F)(F)F. The fourth-order valence-electron chi connectivity index (χ4n) is 1.96. The van der Waals surface area contributed by atoms with Crippen molar-refractivity contribution in [2.75, 3.05) is 6.61 Å². The Bertz CT molecular complexity index is 483. The van der Waals surface area contributed by atoms with Crippen LogP contribution in [0.4, 0.5) is 43.9 Å². The highest BCUT2D eigenvalue weighted by Gasteiger charge is 2.84. The molecule has 0 aliphatic heterocycles. The zero-order chi connectivity index (χ0) is 21.6. The van der Waals surface area contributed by atoms with Gasteiger partial charge in [-0.15, -0.1) is 6.58 Å². The first-order chi connectivity index (χ1) is 12.1. The van der Waals surface area contributed by atoms with Crippen molar-refractivity contribution in [1.29, 1.82) is 0 Å². The Morgan fingerprint density at radius 3 is 1.44 bits per heavy atom. The van der Waals surface area contributed by atoms with Crippen LogP contribution in [-0.2, 0) is 9.09 Å². The molecule has 27 heavy (non-hydrogen) atoms. The van der Waals surface area contributed by atoms with Gasteiger partial charge in [0.25, 0.3) is 0 Å². The van der Waals surface area contributed by atoms with Crippen molar-refractivity contribution in [2.24, 2.45) is 0 Å². The number of rotatable bonds is 12. The number of allylic oxidation sites excluding steroid dienone is 1. The summed E-state index contributed by atoms with van der Waals surface area (Å²) in [6.45, 7) is 2.13. The van der Waals surface area contributed by atoms with E-state index in [0.29, 0.717) is 12.8 Å². The van der Waals surface area contributed by atoms with Gasteiger partial charge >= 0.3 is 31.0 Å². The Labute approximate surface area is 149 Å². The molecule has 0 bridgehead atoms. The number of halogens is 10. The first-order valence-electron chi connectivity index (χ1n) is 7.81. The van der Waals surface area contributed by atoms with Gasteiger partial charge in [0.15, 0.2) is 0 Å². The van der Waals surface area contributed by atoms with Crippen molar-refractivity contribution >= 4 is 7.37 Å². The summed E-state index contributed by atoms with van der Waals surface area (Å²) in [5.41, 5.74) is -13.7. The molecule has 0 aliphatic rings. The minimum atomic E-state index is -7.87. The second kappa shape index (κ2) is 9.62. The summed E-state index contributed by atoms with van der Waals surface area (Å²) < 4.78 is 142. The lowest BCUT2D eigenvalue weighted by atomic mass is 10.1. The van der Waals surface area contributed by atoms with Crippen molar-refractivity contribution in [2.45, 2.75) is 68.6 Å². The normalized spacial score (nSPS) is 14.4. The van der Waals surface area contributed by atoms with Gasteiger partial charge in [-0.05, 0) is 19.3 Å². The van der Waals surface area contributed by atoms with E-state index in [1.54, 1.807) is 6.08 Å². The van der Waals surface area contributed by atoms with Crippen LogP contribution < -0.4 is 0 Å². The molecule has 0 radical (unpaired) electrons. The first-order valence-corrected chi connectivity index (χ1v) is 9.43.